The van der Waals surface area contributed by atoms with Crippen LogP contribution < -0.4 is 25.8 Å². The fraction of sp³-hybridized carbons (Fsp3) is 0.442. The van der Waals surface area contributed by atoms with Gasteiger partial charge in [-0.1, -0.05) is 105 Å². The molecular weight excluding hydrogens is 899 g/mol. The predicted molar refractivity (Wildman–Crippen MR) is 264 cm³/mol. The largest absolute Gasteiger partial charge is 0.376 e. The van der Waals surface area contributed by atoms with Crippen molar-refractivity contribution in [3.63, 3.8) is 0 Å². The summed E-state index contributed by atoms with van der Waals surface area (Å²) >= 11 is 0. The van der Waals surface area contributed by atoms with Gasteiger partial charge < -0.3 is 9.80 Å². The minimum atomic E-state index is -0.974. The minimum Gasteiger partial charge on any atom is -0.376 e. The number of carbonyl (C=O) groups excluding carboxylic acids is 11. The molecule has 0 bridgehead atoms. The number of piperidine rings is 1. The van der Waals surface area contributed by atoms with Gasteiger partial charge in [0.05, 0.1) is 22.5 Å². The van der Waals surface area contributed by atoms with Crippen LogP contribution >= 0.6 is 0 Å². The number of rotatable bonds is 19. The maximum Gasteiger partial charge on any atom is 0.262 e. The number of amides is 11. The highest BCUT2D eigenvalue weighted by Crippen LogP contribution is 2.37. The fourth-order valence-electron chi connectivity index (χ4n) is 8.37. The summed E-state index contributed by atoms with van der Waals surface area (Å²) in [6.07, 6.45) is 3.99. The number of anilines is 2. The molecule has 2 aliphatic heterocycles. The Balaban J connectivity index is 0.000000278. The first-order valence-corrected chi connectivity index (χ1v) is 23.4. The quantitative estimate of drug-likeness (QED) is 0.0977. The Bertz CT molecular complexity index is 2450. The summed E-state index contributed by atoms with van der Waals surface area (Å²) in [5.41, 5.74) is 6.36. The van der Waals surface area contributed by atoms with Gasteiger partial charge >= 0.3 is 0 Å². The van der Waals surface area contributed by atoms with Crippen LogP contribution in [-0.2, 0) is 38.4 Å². The van der Waals surface area contributed by atoms with Gasteiger partial charge in [-0.3, -0.25) is 78.5 Å². The van der Waals surface area contributed by atoms with E-state index in [0.717, 1.165) is 37.7 Å². The number of para-hydroxylation sites is 1. The Kier molecular flexibility index (Phi) is 21.5. The summed E-state index contributed by atoms with van der Waals surface area (Å²) in [5, 5.41) is 6.37. The summed E-state index contributed by atoms with van der Waals surface area (Å²) in [6.45, 7) is 17.7. The maximum atomic E-state index is 12.8. The number of fused-ring (bicyclic) bond motifs is 1. The van der Waals surface area contributed by atoms with E-state index in [2.05, 4.69) is 38.3 Å². The first-order valence-electron chi connectivity index (χ1n) is 23.4. The Labute approximate surface area is 409 Å². The van der Waals surface area contributed by atoms with Crippen molar-refractivity contribution in [3.8, 4) is 0 Å². The van der Waals surface area contributed by atoms with Crippen LogP contribution in [0.3, 0.4) is 0 Å². The zero-order chi connectivity index (χ0) is 52.6. The Hall–Kier alpha value is -7.37. The van der Waals surface area contributed by atoms with E-state index in [-0.39, 0.29) is 37.0 Å². The molecule has 0 radical (unpaired) electrons. The number of nitrogens with zero attached hydrogens (tertiary/aromatic N) is 4. The van der Waals surface area contributed by atoms with E-state index in [1.807, 2.05) is 88.4 Å². The van der Waals surface area contributed by atoms with Crippen LogP contribution in [0, 0.1) is 6.92 Å². The van der Waals surface area contributed by atoms with Crippen LogP contribution in [0.5, 0.6) is 0 Å². The van der Waals surface area contributed by atoms with Crippen molar-refractivity contribution in [1.82, 2.24) is 25.8 Å². The van der Waals surface area contributed by atoms with Gasteiger partial charge in [-0.05, 0) is 84.4 Å². The highest BCUT2D eigenvalue weighted by molar-refractivity contribution is 6.23. The van der Waals surface area contributed by atoms with Crippen molar-refractivity contribution < 1.29 is 52.7 Å². The first kappa shape index (κ1) is 57.0. The third kappa shape index (κ3) is 13.4. The molecule has 0 saturated carbocycles. The Morgan fingerprint density at radius 3 is 1.87 bits per heavy atom. The van der Waals surface area contributed by atoms with Gasteiger partial charge in [0.2, 0.25) is 49.3 Å². The summed E-state index contributed by atoms with van der Waals surface area (Å²) in [6, 6.07) is 13.7. The lowest BCUT2D eigenvalue weighted by atomic mass is 9.94. The third-order valence-electron chi connectivity index (χ3n) is 11.9. The average Bonchev–Trinajstić information content (AvgIpc) is 3.57. The summed E-state index contributed by atoms with van der Waals surface area (Å²) < 4.78 is 0. The smallest absolute Gasteiger partial charge is 0.262 e. The number of hydrogen-bond acceptors (Lipinski definition) is 12. The molecule has 2 aliphatic rings. The molecule has 0 aromatic heterocycles. The van der Waals surface area contributed by atoms with Crippen molar-refractivity contribution in [1.29, 1.82) is 0 Å². The van der Waals surface area contributed by atoms with Gasteiger partial charge in [-0.25, -0.2) is 0 Å². The van der Waals surface area contributed by atoms with Crippen LogP contribution in [0.2, 0.25) is 0 Å². The van der Waals surface area contributed by atoms with E-state index in [0.29, 0.717) is 73.2 Å². The molecule has 18 nitrogen and oxygen atoms in total. The van der Waals surface area contributed by atoms with E-state index >= 15 is 0 Å². The average molecular weight is 966 g/mol. The molecule has 18 heteroatoms. The standard InChI is InChI=1S/C18H27N3O3.2C17H20N2O4/c1-6-8-16(18(24)19-11-22)21(12-23)15-10-7-9-14(13(2)3)17(15)20(4)5;1-10(2)12-4-5-13(11(3)8-12)17(23)19(9-20)14-6-7-15(21)18-16(14)22;1-4-6-13(15(21)18-9-20)19-16(22)12-8-5-7-11(10(2)3)14(12)17(19)23/h7,9-13,16H,6,8H2,1-5H3,(H,19,22,24);4-5,8-10,14H,6-7H2,1-3H3,(H,18,21,22);5,7-10,13H,4,6H2,1-3H3,(H,18,20,21). The molecule has 2 heterocycles. The van der Waals surface area contributed by atoms with E-state index in [1.165, 1.54) is 4.90 Å². The maximum absolute atomic E-state index is 12.8. The molecule has 11 amide bonds. The van der Waals surface area contributed by atoms with Gasteiger partial charge in [0.25, 0.3) is 17.7 Å². The van der Waals surface area contributed by atoms with Crippen LogP contribution in [-0.4, -0.2) is 109 Å². The van der Waals surface area contributed by atoms with Crippen molar-refractivity contribution in [3.05, 3.63) is 93.5 Å². The molecule has 0 spiro atoms. The second-order valence-corrected chi connectivity index (χ2v) is 18.1. The van der Waals surface area contributed by atoms with E-state index in [1.54, 1.807) is 25.1 Å². The van der Waals surface area contributed by atoms with Crippen molar-refractivity contribution >= 4 is 78.4 Å². The highest BCUT2D eigenvalue weighted by atomic mass is 16.2. The third-order valence-corrected chi connectivity index (χ3v) is 11.9. The van der Waals surface area contributed by atoms with Gasteiger partial charge in [0.1, 0.15) is 18.1 Å². The lowest BCUT2D eigenvalue weighted by molar-refractivity contribution is -0.139. The number of aryl methyl sites for hydroxylation is 1. The monoisotopic (exact) mass is 965 g/mol. The van der Waals surface area contributed by atoms with Crippen LogP contribution in [0.1, 0.15) is 165 Å². The lowest BCUT2D eigenvalue weighted by Crippen LogP contribution is -2.53. The molecule has 376 valence electrons. The Morgan fingerprint density at radius 1 is 0.757 bits per heavy atom. The zero-order valence-corrected chi connectivity index (χ0v) is 42.0. The van der Waals surface area contributed by atoms with Crippen molar-refractivity contribution in [2.24, 2.45) is 0 Å². The van der Waals surface area contributed by atoms with Crippen LogP contribution in [0.15, 0.2) is 54.6 Å². The second kappa shape index (κ2) is 26.4. The SMILES string of the molecule is CCCC(C(=O)NC=O)N(C=O)c1cccc(C(C)C)c1N(C)C.CCCC(C(=O)NC=O)N1C(=O)c2cccc(C(C)C)c2C1=O.Cc1cc(C(C)C)ccc1C(=O)N(C=O)C1CCC(=O)NC1=O. The molecule has 70 heavy (non-hydrogen) atoms. The molecule has 1 fully saturated rings. The predicted octanol–water partition coefficient (Wildman–Crippen LogP) is 5.65. The number of benzene rings is 3. The van der Waals surface area contributed by atoms with Gasteiger partial charge in [-0.15, -0.1) is 0 Å². The summed E-state index contributed by atoms with van der Waals surface area (Å²) in [7, 11) is 3.82. The molecule has 3 atom stereocenters. The topological polar surface area (TPSA) is 237 Å². The first-order chi connectivity index (χ1) is 33.2. The van der Waals surface area contributed by atoms with E-state index in [9.17, 15) is 52.7 Å². The van der Waals surface area contributed by atoms with Gasteiger partial charge in [0, 0.05) is 26.1 Å². The van der Waals surface area contributed by atoms with Crippen LogP contribution in [0.4, 0.5) is 11.4 Å². The minimum absolute atomic E-state index is 0.0788. The fourth-order valence-corrected chi connectivity index (χ4v) is 8.37. The number of carbonyl (C=O) groups is 11. The molecule has 3 aromatic rings. The number of hydrogen-bond donors (Lipinski definition) is 3. The number of nitrogens with one attached hydrogen (secondary N) is 3. The molecule has 3 aromatic carbocycles. The molecule has 1 saturated heterocycles. The molecule has 0 aliphatic carbocycles. The molecule has 3 N–H and O–H groups in total. The van der Waals surface area contributed by atoms with E-state index in [4.69, 9.17) is 0 Å². The molecular formula is C52H67N7O11. The van der Waals surface area contributed by atoms with Gasteiger partial charge in [0.15, 0.2) is 0 Å². The molecule has 5 rings (SSSR count). The summed E-state index contributed by atoms with van der Waals surface area (Å²) in [4.78, 5) is 135. The van der Waals surface area contributed by atoms with E-state index < -0.39 is 53.6 Å². The van der Waals surface area contributed by atoms with Crippen molar-refractivity contribution in [2.45, 2.75) is 137 Å². The Morgan fingerprint density at radius 2 is 1.36 bits per heavy atom. The normalized spacial score (nSPS) is 14.8. The van der Waals surface area contributed by atoms with Crippen LogP contribution in [0.25, 0.3) is 0 Å². The summed E-state index contributed by atoms with van der Waals surface area (Å²) in [5.74, 6) is -2.90. The molecule has 3 unspecified atom stereocenters. The van der Waals surface area contributed by atoms with Crippen molar-refractivity contribution in [2.75, 3.05) is 23.9 Å². The second-order valence-electron chi connectivity index (χ2n) is 18.1. The van der Waals surface area contributed by atoms with Gasteiger partial charge in [-0.2, -0.15) is 0 Å². The lowest BCUT2D eigenvalue weighted by Gasteiger charge is -2.32. The zero-order valence-electron chi connectivity index (χ0n) is 42.0. The number of imide groups is 5. The highest BCUT2D eigenvalue weighted by Gasteiger charge is 2.44.